The first-order chi connectivity index (χ1) is 11.8. The zero-order chi connectivity index (χ0) is 16.6. The van der Waals surface area contributed by atoms with Crippen molar-refractivity contribution in [3.05, 3.63) is 66.5 Å². The maximum absolute atomic E-state index is 4.59. The van der Waals surface area contributed by atoms with Crippen LogP contribution in [0.3, 0.4) is 0 Å². The molecule has 0 unspecified atom stereocenters. The summed E-state index contributed by atoms with van der Waals surface area (Å²) >= 11 is 0. The van der Waals surface area contributed by atoms with Crippen molar-refractivity contribution in [3.8, 4) is 11.3 Å². The standard InChI is InChI=1S/C19H21N5/c1-2-20-19-23-17(15-8-4-3-5-9-15)14-18(24-19)22-13-11-16-10-6-7-12-21-16/h3-10,12,14H,2,11,13H2,1H3,(H2,20,22,23,24). The quantitative estimate of drug-likeness (QED) is 0.696. The molecule has 0 saturated carbocycles. The van der Waals surface area contributed by atoms with Crippen molar-refractivity contribution in [2.45, 2.75) is 13.3 Å². The number of hydrogen-bond acceptors (Lipinski definition) is 5. The van der Waals surface area contributed by atoms with Crippen LogP contribution in [0, 0.1) is 0 Å². The van der Waals surface area contributed by atoms with Crippen LogP contribution in [-0.4, -0.2) is 28.0 Å². The van der Waals surface area contributed by atoms with Gasteiger partial charge in [-0.05, 0) is 19.1 Å². The minimum Gasteiger partial charge on any atom is -0.369 e. The third-order valence-electron chi connectivity index (χ3n) is 3.54. The average Bonchev–Trinajstić information content (AvgIpc) is 2.63. The van der Waals surface area contributed by atoms with E-state index in [2.05, 4.69) is 37.7 Å². The molecule has 0 aliphatic rings. The molecule has 0 bridgehead atoms. The number of aromatic nitrogens is 3. The van der Waals surface area contributed by atoms with Crippen molar-refractivity contribution in [1.82, 2.24) is 15.0 Å². The van der Waals surface area contributed by atoms with Crippen LogP contribution >= 0.6 is 0 Å². The van der Waals surface area contributed by atoms with Gasteiger partial charge in [-0.2, -0.15) is 4.98 Å². The number of benzene rings is 1. The number of anilines is 2. The molecule has 0 saturated heterocycles. The van der Waals surface area contributed by atoms with Crippen molar-refractivity contribution >= 4 is 11.8 Å². The Hall–Kier alpha value is -2.95. The first kappa shape index (κ1) is 15.9. The average molecular weight is 319 g/mol. The fraction of sp³-hybridized carbons (Fsp3) is 0.211. The minimum atomic E-state index is 0.638. The van der Waals surface area contributed by atoms with Gasteiger partial charge in [-0.15, -0.1) is 0 Å². The lowest BCUT2D eigenvalue weighted by molar-refractivity contribution is 0.950. The lowest BCUT2D eigenvalue weighted by atomic mass is 10.1. The lowest BCUT2D eigenvalue weighted by Gasteiger charge is -2.10. The third kappa shape index (κ3) is 4.29. The van der Waals surface area contributed by atoms with Crippen LogP contribution in [0.25, 0.3) is 11.3 Å². The summed E-state index contributed by atoms with van der Waals surface area (Å²) in [6.07, 6.45) is 2.67. The smallest absolute Gasteiger partial charge is 0.225 e. The molecule has 24 heavy (non-hydrogen) atoms. The zero-order valence-electron chi connectivity index (χ0n) is 13.7. The SMILES string of the molecule is CCNc1nc(NCCc2ccccn2)cc(-c2ccccc2)n1. The maximum atomic E-state index is 4.59. The van der Waals surface area contributed by atoms with Crippen LogP contribution in [0.15, 0.2) is 60.8 Å². The highest BCUT2D eigenvalue weighted by molar-refractivity contribution is 5.64. The molecule has 0 radical (unpaired) electrons. The van der Waals surface area contributed by atoms with E-state index in [1.807, 2.05) is 55.6 Å². The number of hydrogen-bond donors (Lipinski definition) is 2. The Morgan fingerprint density at radius 3 is 2.50 bits per heavy atom. The summed E-state index contributed by atoms with van der Waals surface area (Å²) in [7, 11) is 0. The van der Waals surface area contributed by atoms with Gasteiger partial charge in [0.15, 0.2) is 0 Å². The van der Waals surface area contributed by atoms with Gasteiger partial charge in [0, 0.05) is 43.0 Å². The second-order valence-corrected chi connectivity index (χ2v) is 5.36. The Morgan fingerprint density at radius 1 is 0.917 bits per heavy atom. The van der Waals surface area contributed by atoms with E-state index in [0.717, 1.165) is 42.3 Å². The number of nitrogens with zero attached hydrogens (tertiary/aromatic N) is 3. The van der Waals surface area contributed by atoms with Crippen LogP contribution < -0.4 is 10.6 Å². The number of nitrogens with one attached hydrogen (secondary N) is 2. The Kier molecular flexibility index (Phi) is 5.35. The summed E-state index contributed by atoms with van der Waals surface area (Å²) in [5.41, 5.74) is 3.04. The van der Waals surface area contributed by atoms with Gasteiger partial charge in [-0.25, -0.2) is 4.98 Å². The molecule has 5 nitrogen and oxygen atoms in total. The van der Waals surface area contributed by atoms with E-state index in [9.17, 15) is 0 Å². The predicted octanol–water partition coefficient (Wildman–Crippen LogP) is 3.63. The Balaban J connectivity index is 1.75. The van der Waals surface area contributed by atoms with Gasteiger partial charge in [0.25, 0.3) is 0 Å². The first-order valence-electron chi connectivity index (χ1n) is 8.17. The van der Waals surface area contributed by atoms with Crippen LogP contribution in [0.5, 0.6) is 0 Å². The molecule has 0 aliphatic carbocycles. The van der Waals surface area contributed by atoms with Gasteiger partial charge in [0.2, 0.25) is 5.95 Å². The third-order valence-corrected chi connectivity index (χ3v) is 3.54. The van der Waals surface area contributed by atoms with Crippen LogP contribution in [0.2, 0.25) is 0 Å². The molecule has 3 aromatic rings. The largest absolute Gasteiger partial charge is 0.369 e. The van der Waals surface area contributed by atoms with Gasteiger partial charge in [-0.1, -0.05) is 36.4 Å². The molecule has 0 atom stereocenters. The molecule has 0 fully saturated rings. The molecular formula is C19H21N5. The maximum Gasteiger partial charge on any atom is 0.225 e. The van der Waals surface area contributed by atoms with Crippen molar-refractivity contribution in [1.29, 1.82) is 0 Å². The molecule has 1 aromatic carbocycles. The van der Waals surface area contributed by atoms with Gasteiger partial charge in [0.1, 0.15) is 5.82 Å². The van der Waals surface area contributed by atoms with E-state index in [0.29, 0.717) is 5.95 Å². The molecule has 2 heterocycles. The van der Waals surface area contributed by atoms with E-state index >= 15 is 0 Å². The predicted molar refractivity (Wildman–Crippen MR) is 98.1 cm³/mol. The summed E-state index contributed by atoms with van der Waals surface area (Å²) in [4.78, 5) is 13.4. The fourth-order valence-corrected chi connectivity index (χ4v) is 2.40. The molecular weight excluding hydrogens is 298 g/mol. The molecule has 0 spiro atoms. The Labute approximate surface area is 142 Å². The highest BCUT2D eigenvalue weighted by Crippen LogP contribution is 2.21. The van der Waals surface area contributed by atoms with Gasteiger partial charge < -0.3 is 10.6 Å². The number of rotatable bonds is 7. The summed E-state index contributed by atoms with van der Waals surface area (Å²) in [5, 5.41) is 6.56. The van der Waals surface area contributed by atoms with E-state index in [4.69, 9.17) is 0 Å². The highest BCUT2D eigenvalue weighted by atomic mass is 15.1. The highest BCUT2D eigenvalue weighted by Gasteiger charge is 2.06. The van der Waals surface area contributed by atoms with Gasteiger partial charge in [0.05, 0.1) is 5.69 Å². The van der Waals surface area contributed by atoms with Gasteiger partial charge in [-0.3, -0.25) is 4.98 Å². The summed E-state index contributed by atoms with van der Waals surface area (Å²) < 4.78 is 0. The van der Waals surface area contributed by atoms with E-state index < -0.39 is 0 Å². The van der Waals surface area contributed by atoms with Gasteiger partial charge >= 0.3 is 0 Å². The fourth-order valence-electron chi connectivity index (χ4n) is 2.40. The summed E-state index contributed by atoms with van der Waals surface area (Å²) in [5.74, 6) is 1.45. The zero-order valence-corrected chi connectivity index (χ0v) is 13.7. The second-order valence-electron chi connectivity index (χ2n) is 5.36. The first-order valence-corrected chi connectivity index (χ1v) is 8.17. The minimum absolute atomic E-state index is 0.638. The molecule has 0 aliphatic heterocycles. The van der Waals surface area contributed by atoms with Crippen molar-refractivity contribution < 1.29 is 0 Å². The van der Waals surface area contributed by atoms with E-state index in [1.54, 1.807) is 0 Å². The van der Waals surface area contributed by atoms with Crippen LogP contribution in [0.1, 0.15) is 12.6 Å². The topological polar surface area (TPSA) is 62.7 Å². The molecule has 2 N–H and O–H groups in total. The molecule has 5 heteroatoms. The summed E-state index contributed by atoms with van der Waals surface area (Å²) in [6, 6.07) is 18.1. The molecule has 2 aromatic heterocycles. The van der Waals surface area contributed by atoms with Crippen molar-refractivity contribution in [2.24, 2.45) is 0 Å². The van der Waals surface area contributed by atoms with Crippen LogP contribution in [-0.2, 0) is 6.42 Å². The molecule has 0 amide bonds. The second kappa shape index (κ2) is 8.06. The van der Waals surface area contributed by atoms with E-state index in [-0.39, 0.29) is 0 Å². The number of pyridine rings is 1. The lowest BCUT2D eigenvalue weighted by Crippen LogP contribution is -2.10. The Morgan fingerprint density at radius 2 is 1.75 bits per heavy atom. The normalized spacial score (nSPS) is 10.4. The van der Waals surface area contributed by atoms with Crippen LogP contribution in [0.4, 0.5) is 11.8 Å². The van der Waals surface area contributed by atoms with Crippen molar-refractivity contribution in [2.75, 3.05) is 23.7 Å². The molecule has 122 valence electrons. The van der Waals surface area contributed by atoms with E-state index in [1.165, 1.54) is 0 Å². The summed E-state index contributed by atoms with van der Waals surface area (Å²) in [6.45, 7) is 3.59. The molecule has 3 rings (SSSR count). The monoisotopic (exact) mass is 319 g/mol. The van der Waals surface area contributed by atoms with Crippen molar-refractivity contribution in [3.63, 3.8) is 0 Å². The Bertz CT molecular complexity index is 759.